The zero-order valence-corrected chi connectivity index (χ0v) is 10.6. The lowest BCUT2D eigenvalue weighted by Gasteiger charge is -2.39. The van der Waals surface area contributed by atoms with E-state index in [1.165, 1.54) is 38.8 Å². The molecule has 0 aromatic carbocycles. The van der Waals surface area contributed by atoms with Crippen LogP contribution in [0.3, 0.4) is 0 Å². The van der Waals surface area contributed by atoms with E-state index in [1.807, 2.05) is 0 Å². The zero-order chi connectivity index (χ0) is 10.7. The van der Waals surface area contributed by atoms with Crippen molar-refractivity contribution >= 4 is 12.6 Å². The third kappa shape index (κ3) is 3.36. The molecule has 0 amide bonds. The average Bonchev–Trinajstić information content (AvgIpc) is 3.03. The van der Waals surface area contributed by atoms with Crippen molar-refractivity contribution in [3.05, 3.63) is 0 Å². The normalized spacial score (nSPS) is 25.8. The number of nitrogens with zero attached hydrogens (tertiary/aromatic N) is 1. The molecule has 1 aliphatic heterocycles. The maximum absolute atomic E-state index is 5.45. The van der Waals surface area contributed by atoms with Crippen LogP contribution in [0.15, 0.2) is 0 Å². The van der Waals surface area contributed by atoms with Crippen LogP contribution in [-0.2, 0) is 4.74 Å². The summed E-state index contributed by atoms with van der Waals surface area (Å²) in [6, 6.07) is 0. The Kier molecular flexibility index (Phi) is 3.97. The number of ether oxygens (including phenoxy) is 1. The van der Waals surface area contributed by atoms with Crippen LogP contribution >= 0.6 is 12.6 Å². The minimum absolute atomic E-state index is 0.422. The van der Waals surface area contributed by atoms with E-state index in [9.17, 15) is 0 Å². The fraction of sp³-hybridized carbons (Fsp3) is 1.00. The Labute approximate surface area is 98.8 Å². The van der Waals surface area contributed by atoms with Gasteiger partial charge in [-0.2, -0.15) is 12.6 Å². The van der Waals surface area contributed by atoms with Crippen molar-refractivity contribution in [1.82, 2.24) is 4.90 Å². The van der Waals surface area contributed by atoms with Gasteiger partial charge in [0.15, 0.2) is 0 Å². The van der Waals surface area contributed by atoms with Crippen LogP contribution in [0.2, 0.25) is 0 Å². The number of hydrogen-bond donors (Lipinski definition) is 1. The summed E-state index contributed by atoms with van der Waals surface area (Å²) in [5.41, 5.74) is 0.422. The molecule has 2 nitrogen and oxygen atoms in total. The first-order valence-electron chi connectivity index (χ1n) is 6.11. The Bertz CT molecular complexity index is 200. The van der Waals surface area contributed by atoms with Crippen molar-refractivity contribution in [3.63, 3.8) is 0 Å². The van der Waals surface area contributed by atoms with Crippen LogP contribution in [0, 0.1) is 11.3 Å². The molecule has 0 radical (unpaired) electrons. The molecule has 2 fully saturated rings. The molecule has 0 unspecified atom stereocenters. The highest BCUT2D eigenvalue weighted by atomic mass is 32.1. The highest BCUT2D eigenvalue weighted by Crippen LogP contribution is 2.34. The lowest BCUT2D eigenvalue weighted by Crippen LogP contribution is -2.42. The first-order chi connectivity index (χ1) is 7.24. The number of rotatable bonds is 5. The quantitative estimate of drug-likeness (QED) is 0.725. The van der Waals surface area contributed by atoms with Gasteiger partial charge in [-0.25, -0.2) is 0 Å². The first kappa shape index (κ1) is 11.7. The average molecular weight is 229 g/mol. The molecule has 1 saturated carbocycles. The minimum atomic E-state index is 0.422. The van der Waals surface area contributed by atoms with E-state index in [4.69, 9.17) is 4.74 Å². The van der Waals surface area contributed by atoms with Gasteiger partial charge < -0.3 is 9.64 Å². The predicted molar refractivity (Wildman–Crippen MR) is 66.6 cm³/mol. The number of thiol groups is 1. The molecule has 1 heterocycles. The fourth-order valence-corrected chi connectivity index (χ4v) is 2.97. The molecule has 0 aromatic rings. The van der Waals surface area contributed by atoms with E-state index in [2.05, 4.69) is 24.6 Å². The van der Waals surface area contributed by atoms with E-state index < -0.39 is 0 Å². The second kappa shape index (κ2) is 5.07. The molecule has 1 saturated heterocycles. The van der Waals surface area contributed by atoms with E-state index in [0.717, 1.165) is 24.9 Å². The van der Waals surface area contributed by atoms with E-state index >= 15 is 0 Å². The summed E-state index contributed by atoms with van der Waals surface area (Å²) in [5.74, 6) is 2.00. The smallest absolute Gasteiger partial charge is 0.0472 e. The highest BCUT2D eigenvalue weighted by molar-refractivity contribution is 7.80. The summed E-state index contributed by atoms with van der Waals surface area (Å²) >= 11 is 4.55. The summed E-state index contributed by atoms with van der Waals surface area (Å²) < 4.78 is 5.45. The monoisotopic (exact) mass is 229 g/mol. The van der Waals surface area contributed by atoms with Crippen molar-refractivity contribution in [2.24, 2.45) is 11.3 Å². The summed E-state index contributed by atoms with van der Waals surface area (Å²) in [5, 5.41) is 0. The molecule has 0 N–H and O–H groups in total. The van der Waals surface area contributed by atoms with E-state index in [1.54, 1.807) is 0 Å². The van der Waals surface area contributed by atoms with Crippen molar-refractivity contribution in [2.45, 2.75) is 25.7 Å². The predicted octanol–water partition coefficient (Wildman–Crippen LogP) is 2.05. The molecule has 0 aromatic heterocycles. The van der Waals surface area contributed by atoms with Crippen LogP contribution in [0.1, 0.15) is 25.7 Å². The Morgan fingerprint density at radius 1 is 1.33 bits per heavy atom. The third-order valence-electron chi connectivity index (χ3n) is 3.76. The molecule has 15 heavy (non-hydrogen) atoms. The van der Waals surface area contributed by atoms with Gasteiger partial charge in [0.2, 0.25) is 0 Å². The lowest BCUT2D eigenvalue weighted by atomic mass is 9.81. The van der Waals surface area contributed by atoms with Gasteiger partial charge >= 0.3 is 0 Å². The van der Waals surface area contributed by atoms with Gasteiger partial charge in [0.25, 0.3) is 0 Å². The molecule has 2 aliphatic rings. The van der Waals surface area contributed by atoms with Crippen LogP contribution in [-0.4, -0.2) is 44.0 Å². The van der Waals surface area contributed by atoms with Crippen LogP contribution < -0.4 is 0 Å². The molecule has 2 rings (SSSR count). The van der Waals surface area contributed by atoms with Gasteiger partial charge in [-0.15, -0.1) is 0 Å². The fourth-order valence-electron chi connectivity index (χ4n) is 2.55. The Morgan fingerprint density at radius 3 is 2.53 bits per heavy atom. The van der Waals surface area contributed by atoms with Crippen LogP contribution in [0.25, 0.3) is 0 Å². The maximum Gasteiger partial charge on any atom is 0.0472 e. The Morgan fingerprint density at radius 2 is 2.00 bits per heavy atom. The van der Waals surface area contributed by atoms with Gasteiger partial charge in [-0.3, -0.25) is 0 Å². The van der Waals surface area contributed by atoms with E-state index in [-0.39, 0.29) is 0 Å². The SMILES string of the molecule is CN(CC1CC1)CC1(CS)CCOCC1. The maximum atomic E-state index is 5.45. The van der Waals surface area contributed by atoms with Gasteiger partial charge in [0.1, 0.15) is 0 Å². The molecule has 0 bridgehead atoms. The second-order valence-corrected chi connectivity index (χ2v) is 5.73. The summed E-state index contributed by atoms with van der Waals surface area (Å²) in [6.45, 7) is 4.35. The summed E-state index contributed by atoms with van der Waals surface area (Å²) in [6.07, 6.45) is 5.26. The highest BCUT2D eigenvalue weighted by Gasteiger charge is 2.33. The topological polar surface area (TPSA) is 12.5 Å². The van der Waals surface area contributed by atoms with Gasteiger partial charge in [-0.1, -0.05) is 0 Å². The van der Waals surface area contributed by atoms with Crippen molar-refractivity contribution < 1.29 is 4.74 Å². The minimum Gasteiger partial charge on any atom is -0.381 e. The Balaban J connectivity index is 1.81. The lowest BCUT2D eigenvalue weighted by molar-refractivity contribution is 0.0110. The molecule has 1 aliphatic carbocycles. The molecule has 88 valence electrons. The molecular formula is C12H23NOS. The standard InChI is InChI=1S/C12H23NOS/c1-13(8-11-2-3-11)9-12(10-15)4-6-14-7-5-12/h11,15H,2-10H2,1H3. The van der Waals surface area contributed by atoms with Crippen molar-refractivity contribution in [3.8, 4) is 0 Å². The van der Waals surface area contributed by atoms with E-state index in [0.29, 0.717) is 5.41 Å². The van der Waals surface area contributed by atoms with Crippen LogP contribution in [0.5, 0.6) is 0 Å². The van der Waals surface area contributed by atoms with Crippen molar-refractivity contribution in [2.75, 3.05) is 39.1 Å². The summed E-state index contributed by atoms with van der Waals surface area (Å²) in [4.78, 5) is 2.51. The van der Waals surface area contributed by atoms with Gasteiger partial charge in [0.05, 0.1) is 0 Å². The second-order valence-electron chi connectivity index (χ2n) is 5.41. The Hall–Kier alpha value is 0.270. The van der Waals surface area contributed by atoms with Gasteiger partial charge in [0, 0.05) is 26.3 Å². The molecule has 0 spiro atoms. The first-order valence-corrected chi connectivity index (χ1v) is 6.74. The van der Waals surface area contributed by atoms with Gasteiger partial charge in [-0.05, 0) is 49.8 Å². The summed E-state index contributed by atoms with van der Waals surface area (Å²) in [7, 11) is 2.26. The van der Waals surface area contributed by atoms with Crippen LogP contribution in [0.4, 0.5) is 0 Å². The third-order valence-corrected chi connectivity index (χ3v) is 4.43. The number of hydrogen-bond acceptors (Lipinski definition) is 3. The largest absolute Gasteiger partial charge is 0.381 e. The molecular weight excluding hydrogens is 206 g/mol. The molecule has 0 atom stereocenters. The molecule has 3 heteroatoms. The zero-order valence-electron chi connectivity index (χ0n) is 9.74. The van der Waals surface area contributed by atoms with Crippen molar-refractivity contribution in [1.29, 1.82) is 0 Å².